The molecule has 2 heterocycles. The van der Waals surface area contributed by atoms with Crippen LogP contribution in [0, 0.1) is 33.9 Å². The van der Waals surface area contributed by atoms with E-state index in [0.717, 1.165) is 0 Å². The second kappa shape index (κ2) is 8.36. The molecule has 0 radical (unpaired) electrons. The van der Waals surface area contributed by atoms with E-state index >= 15 is 0 Å². The zero-order valence-corrected chi connectivity index (χ0v) is 16.2. The van der Waals surface area contributed by atoms with Crippen LogP contribution in [0.2, 0.25) is 0 Å². The molecule has 2 aliphatic heterocycles. The number of ether oxygens (including phenoxy) is 1. The number of piperidine rings is 1. The number of anilines is 2. The minimum absolute atomic E-state index is 0.176. The number of amides is 2. The maximum atomic E-state index is 14.8. The Hall–Kier alpha value is -3.33. The fourth-order valence-electron chi connectivity index (χ4n) is 3.67. The number of carbonyl (C=O) groups excluding carboxylic acids is 2. The number of nitrogens with one attached hydrogen (secondary N) is 1. The minimum atomic E-state index is -0.663. The second-order valence-electron chi connectivity index (χ2n) is 7.40. The van der Waals surface area contributed by atoms with E-state index in [-0.39, 0.29) is 25.4 Å². The van der Waals surface area contributed by atoms with Crippen molar-refractivity contribution in [2.24, 2.45) is 5.41 Å². The summed E-state index contributed by atoms with van der Waals surface area (Å²) in [7, 11) is 0. The molecule has 1 aromatic rings. The van der Waals surface area contributed by atoms with Gasteiger partial charge in [0.25, 0.3) is 0 Å². The molecule has 0 aliphatic carbocycles. The Bertz CT molecular complexity index is 883. The standard InChI is InChI=1S/C20H22FN5O3/c1-14(27)24-11-16-12-26(19(28)29-16)15-2-3-18(17(21)10-15)25-8-5-20(13-23,4-7-22)6-9-25/h2-3,10,16H,4-6,8-9,11-12H2,1H3,(H,24,27). The van der Waals surface area contributed by atoms with Crippen molar-refractivity contribution in [1.29, 1.82) is 10.5 Å². The van der Waals surface area contributed by atoms with E-state index < -0.39 is 23.4 Å². The second-order valence-corrected chi connectivity index (χ2v) is 7.40. The lowest BCUT2D eigenvalue weighted by Crippen LogP contribution is -2.39. The molecule has 1 N–H and O–H groups in total. The smallest absolute Gasteiger partial charge is 0.414 e. The molecule has 2 fully saturated rings. The van der Waals surface area contributed by atoms with Gasteiger partial charge in [0.2, 0.25) is 5.91 Å². The summed E-state index contributed by atoms with van der Waals surface area (Å²) in [6.07, 6.45) is 0.106. The number of nitriles is 2. The first-order valence-electron chi connectivity index (χ1n) is 9.43. The van der Waals surface area contributed by atoms with Crippen molar-refractivity contribution < 1.29 is 18.7 Å². The van der Waals surface area contributed by atoms with E-state index in [4.69, 9.17) is 10.00 Å². The summed E-state index contributed by atoms with van der Waals surface area (Å²) in [5, 5.41) is 20.9. The van der Waals surface area contributed by atoms with Crippen molar-refractivity contribution >= 4 is 23.4 Å². The van der Waals surface area contributed by atoms with Crippen molar-refractivity contribution in [2.75, 3.05) is 36.0 Å². The molecule has 8 nitrogen and oxygen atoms in total. The third kappa shape index (κ3) is 4.40. The van der Waals surface area contributed by atoms with Crippen LogP contribution in [0.3, 0.4) is 0 Å². The molecule has 2 aliphatic rings. The Morgan fingerprint density at radius 1 is 1.38 bits per heavy atom. The topological polar surface area (TPSA) is 109 Å². The van der Waals surface area contributed by atoms with E-state index in [9.17, 15) is 19.2 Å². The number of halogens is 1. The lowest BCUT2D eigenvalue weighted by molar-refractivity contribution is -0.119. The van der Waals surface area contributed by atoms with Gasteiger partial charge in [-0.25, -0.2) is 9.18 Å². The first kappa shape index (κ1) is 20.4. The fourth-order valence-corrected chi connectivity index (χ4v) is 3.67. The molecule has 2 saturated heterocycles. The summed E-state index contributed by atoms with van der Waals surface area (Å²) in [5.41, 5.74) is 0.123. The Balaban J connectivity index is 1.67. The Morgan fingerprint density at radius 3 is 2.69 bits per heavy atom. The normalized spacial score (nSPS) is 20.6. The van der Waals surface area contributed by atoms with Crippen LogP contribution in [0.25, 0.3) is 0 Å². The van der Waals surface area contributed by atoms with Gasteiger partial charge in [0.05, 0.1) is 48.4 Å². The average Bonchev–Trinajstić information content (AvgIpc) is 3.08. The van der Waals surface area contributed by atoms with E-state index in [1.807, 2.05) is 4.90 Å². The number of hydrogen-bond acceptors (Lipinski definition) is 6. The maximum absolute atomic E-state index is 14.8. The average molecular weight is 399 g/mol. The summed E-state index contributed by atoms with van der Waals surface area (Å²) < 4.78 is 20.0. The van der Waals surface area contributed by atoms with E-state index in [2.05, 4.69) is 17.5 Å². The minimum Gasteiger partial charge on any atom is -0.442 e. The number of rotatable bonds is 5. The highest BCUT2D eigenvalue weighted by molar-refractivity contribution is 5.90. The third-order valence-electron chi connectivity index (χ3n) is 5.41. The van der Waals surface area contributed by atoms with Crippen molar-refractivity contribution in [3.8, 4) is 12.1 Å². The zero-order chi connectivity index (χ0) is 21.0. The number of benzene rings is 1. The van der Waals surface area contributed by atoms with Crippen LogP contribution in [-0.2, 0) is 9.53 Å². The monoisotopic (exact) mass is 399 g/mol. The predicted octanol–water partition coefficient (Wildman–Crippen LogP) is 2.31. The Morgan fingerprint density at radius 2 is 2.10 bits per heavy atom. The highest BCUT2D eigenvalue weighted by atomic mass is 19.1. The van der Waals surface area contributed by atoms with Gasteiger partial charge in [0, 0.05) is 20.0 Å². The summed E-state index contributed by atoms with van der Waals surface area (Å²) in [4.78, 5) is 26.3. The van der Waals surface area contributed by atoms with Gasteiger partial charge in [-0.2, -0.15) is 10.5 Å². The van der Waals surface area contributed by atoms with Crippen LogP contribution in [0.4, 0.5) is 20.6 Å². The molecular weight excluding hydrogens is 377 g/mol. The molecule has 0 bridgehead atoms. The van der Waals surface area contributed by atoms with Crippen molar-refractivity contribution in [1.82, 2.24) is 5.32 Å². The molecule has 1 atom stereocenters. The van der Waals surface area contributed by atoms with Crippen molar-refractivity contribution in [3.05, 3.63) is 24.0 Å². The van der Waals surface area contributed by atoms with Crippen LogP contribution in [0.15, 0.2) is 18.2 Å². The molecule has 0 aromatic heterocycles. The fraction of sp³-hybridized carbons (Fsp3) is 0.500. The first-order valence-corrected chi connectivity index (χ1v) is 9.43. The zero-order valence-electron chi connectivity index (χ0n) is 16.2. The van der Waals surface area contributed by atoms with E-state index in [1.165, 1.54) is 17.9 Å². The van der Waals surface area contributed by atoms with Crippen LogP contribution in [0.1, 0.15) is 26.2 Å². The van der Waals surface area contributed by atoms with Gasteiger partial charge in [-0.1, -0.05) is 0 Å². The van der Waals surface area contributed by atoms with E-state index in [0.29, 0.717) is 37.3 Å². The van der Waals surface area contributed by atoms with Gasteiger partial charge >= 0.3 is 6.09 Å². The third-order valence-corrected chi connectivity index (χ3v) is 5.41. The summed E-state index contributed by atoms with van der Waals surface area (Å²) >= 11 is 0. The van der Waals surface area contributed by atoms with Crippen molar-refractivity contribution in [2.45, 2.75) is 32.3 Å². The molecular formula is C20H22FN5O3. The molecule has 29 heavy (non-hydrogen) atoms. The molecule has 0 saturated carbocycles. The maximum Gasteiger partial charge on any atom is 0.414 e. The van der Waals surface area contributed by atoms with Gasteiger partial charge < -0.3 is 15.0 Å². The lowest BCUT2D eigenvalue weighted by Gasteiger charge is -2.37. The van der Waals surface area contributed by atoms with Crippen molar-refractivity contribution in [3.63, 3.8) is 0 Å². The van der Waals surface area contributed by atoms with Gasteiger partial charge in [-0.05, 0) is 31.0 Å². The number of hydrogen-bond donors (Lipinski definition) is 1. The SMILES string of the molecule is CC(=O)NCC1CN(c2ccc(N3CCC(C#N)(CC#N)CC3)c(F)c2)C(=O)O1. The van der Waals surface area contributed by atoms with Gasteiger partial charge in [-0.3, -0.25) is 9.69 Å². The van der Waals surface area contributed by atoms with Gasteiger partial charge in [0.1, 0.15) is 11.9 Å². The highest BCUT2D eigenvalue weighted by Gasteiger charge is 2.36. The molecule has 9 heteroatoms. The van der Waals surface area contributed by atoms with Crippen LogP contribution >= 0.6 is 0 Å². The molecule has 0 spiro atoms. The number of nitrogens with zero attached hydrogens (tertiary/aromatic N) is 4. The quantitative estimate of drug-likeness (QED) is 0.814. The highest BCUT2D eigenvalue weighted by Crippen LogP contribution is 2.37. The van der Waals surface area contributed by atoms with Crippen LogP contribution in [-0.4, -0.2) is 44.3 Å². The molecule has 1 unspecified atom stereocenters. The summed E-state index contributed by atoms with van der Waals surface area (Å²) in [6, 6.07) is 8.88. The molecule has 3 rings (SSSR count). The summed E-state index contributed by atoms with van der Waals surface area (Å²) in [5.74, 6) is -0.683. The Kier molecular flexibility index (Phi) is 5.88. The number of carbonyl (C=O) groups is 2. The first-order chi connectivity index (χ1) is 13.9. The predicted molar refractivity (Wildman–Crippen MR) is 102 cm³/mol. The molecule has 2 amide bonds. The molecule has 152 valence electrons. The van der Waals surface area contributed by atoms with Crippen LogP contribution in [0.5, 0.6) is 0 Å². The Labute approximate surface area is 168 Å². The molecule has 1 aromatic carbocycles. The van der Waals surface area contributed by atoms with E-state index in [1.54, 1.807) is 12.1 Å². The lowest BCUT2D eigenvalue weighted by atomic mass is 9.77. The van der Waals surface area contributed by atoms with Gasteiger partial charge in [-0.15, -0.1) is 0 Å². The van der Waals surface area contributed by atoms with Gasteiger partial charge in [0.15, 0.2) is 0 Å². The number of cyclic esters (lactones) is 1. The van der Waals surface area contributed by atoms with Crippen LogP contribution < -0.4 is 15.1 Å². The summed E-state index contributed by atoms with van der Waals surface area (Å²) in [6.45, 7) is 2.77. The largest absolute Gasteiger partial charge is 0.442 e.